The molecule has 0 fully saturated rings. The van der Waals surface area contributed by atoms with Gasteiger partial charge in [0.15, 0.2) is 0 Å². The Morgan fingerprint density at radius 1 is 1.00 bits per heavy atom. The van der Waals surface area contributed by atoms with Crippen molar-refractivity contribution >= 4 is 5.97 Å². The first-order chi connectivity index (χ1) is 10.1. The van der Waals surface area contributed by atoms with Gasteiger partial charge in [-0.2, -0.15) is 0 Å². The van der Waals surface area contributed by atoms with E-state index in [1.807, 2.05) is 20.8 Å². The second kappa shape index (κ2) is 13.1. The SMILES string of the molecule is CCCCCCOCCCCC(C)(NCC)C(=O)OCC. The third-order valence-electron chi connectivity index (χ3n) is 3.65. The molecule has 21 heavy (non-hydrogen) atoms. The zero-order valence-corrected chi connectivity index (χ0v) is 14.5. The van der Waals surface area contributed by atoms with E-state index in [0.717, 1.165) is 45.4 Å². The summed E-state index contributed by atoms with van der Waals surface area (Å²) >= 11 is 0. The molecule has 4 nitrogen and oxygen atoms in total. The summed E-state index contributed by atoms with van der Waals surface area (Å²) in [5, 5.41) is 3.25. The van der Waals surface area contributed by atoms with Crippen LogP contribution < -0.4 is 5.32 Å². The van der Waals surface area contributed by atoms with E-state index in [2.05, 4.69) is 12.2 Å². The third kappa shape index (κ3) is 9.86. The van der Waals surface area contributed by atoms with Crippen molar-refractivity contribution in [2.24, 2.45) is 0 Å². The van der Waals surface area contributed by atoms with Crippen LogP contribution in [0.15, 0.2) is 0 Å². The number of hydrogen-bond donors (Lipinski definition) is 1. The Balaban J connectivity index is 3.76. The van der Waals surface area contributed by atoms with E-state index in [-0.39, 0.29) is 5.97 Å². The normalized spacial score (nSPS) is 13.9. The number of rotatable bonds is 14. The third-order valence-corrected chi connectivity index (χ3v) is 3.65. The van der Waals surface area contributed by atoms with Gasteiger partial charge >= 0.3 is 5.97 Å². The molecule has 1 atom stereocenters. The molecule has 4 heteroatoms. The van der Waals surface area contributed by atoms with Crippen LogP contribution in [0.5, 0.6) is 0 Å². The summed E-state index contributed by atoms with van der Waals surface area (Å²) in [6, 6.07) is 0. The first kappa shape index (κ1) is 20.4. The highest BCUT2D eigenvalue weighted by molar-refractivity contribution is 5.80. The zero-order chi connectivity index (χ0) is 16.0. The van der Waals surface area contributed by atoms with Gasteiger partial charge in [0.05, 0.1) is 6.61 Å². The molecule has 0 aromatic carbocycles. The second-order valence-electron chi connectivity index (χ2n) is 5.71. The molecule has 126 valence electrons. The lowest BCUT2D eigenvalue weighted by Gasteiger charge is -2.28. The van der Waals surface area contributed by atoms with Crippen molar-refractivity contribution in [3.63, 3.8) is 0 Å². The highest BCUT2D eigenvalue weighted by Crippen LogP contribution is 2.16. The maximum Gasteiger partial charge on any atom is 0.326 e. The van der Waals surface area contributed by atoms with Crippen LogP contribution in [0.1, 0.15) is 72.6 Å². The number of ether oxygens (including phenoxy) is 2. The Hall–Kier alpha value is -0.610. The van der Waals surface area contributed by atoms with Gasteiger partial charge in [-0.3, -0.25) is 4.79 Å². The molecular formula is C17H35NO3. The van der Waals surface area contributed by atoms with Crippen molar-refractivity contribution in [1.82, 2.24) is 5.32 Å². The fraction of sp³-hybridized carbons (Fsp3) is 0.941. The molecule has 0 aromatic heterocycles. The second-order valence-corrected chi connectivity index (χ2v) is 5.71. The lowest BCUT2D eigenvalue weighted by Crippen LogP contribution is -2.50. The maximum atomic E-state index is 12.0. The zero-order valence-electron chi connectivity index (χ0n) is 14.5. The van der Waals surface area contributed by atoms with Crippen LogP contribution in [0.2, 0.25) is 0 Å². The van der Waals surface area contributed by atoms with E-state index in [1.54, 1.807) is 0 Å². The van der Waals surface area contributed by atoms with Crippen molar-refractivity contribution in [2.75, 3.05) is 26.4 Å². The fourth-order valence-electron chi connectivity index (χ4n) is 2.36. The van der Waals surface area contributed by atoms with Gasteiger partial charge in [0.1, 0.15) is 5.54 Å². The summed E-state index contributed by atoms with van der Waals surface area (Å²) in [6.45, 7) is 10.9. The molecule has 1 N–H and O–H groups in total. The van der Waals surface area contributed by atoms with E-state index in [1.165, 1.54) is 19.3 Å². The van der Waals surface area contributed by atoms with Crippen LogP contribution in [0, 0.1) is 0 Å². The number of likely N-dealkylation sites (N-methyl/N-ethyl adjacent to an activating group) is 1. The first-order valence-corrected chi connectivity index (χ1v) is 8.60. The lowest BCUT2D eigenvalue weighted by molar-refractivity contribution is -0.150. The fourth-order valence-corrected chi connectivity index (χ4v) is 2.36. The van der Waals surface area contributed by atoms with Gasteiger partial charge in [-0.25, -0.2) is 0 Å². The van der Waals surface area contributed by atoms with E-state index in [0.29, 0.717) is 6.61 Å². The highest BCUT2D eigenvalue weighted by atomic mass is 16.5. The Kier molecular flexibility index (Phi) is 12.7. The van der Waals surface area contributed by atoms with Crippen LogP contribution in [0.4, 0.5) is 0 Å². The van der Waals surface area contributed by atoms with Crippen LogP contribution >= 0.6 is 0 Å². The van der Waals surface area contributed by atoms with E-state index in [4.69, 9.17) is 9.47 Å². The van der Waals surface area contributed by atoms with Gasteiger partial charge < -0.3 is 14.8 Å². The monoisotopic (exact) mass is 301 g/mol. The first-order valence-electron chi connectivity index (χ1n) is 8.60. The number of nitrogens with one attached hydrogen (secondary N) is 1. The largest absolute Gasteiger partial charge is 0.465 e. The summed E-state index contributed by atoms with van der Waals surface area (Å²) < 4.78 is 10.8. The van der Waals surface area contributed by atoms with E-state index in [9.17, 15) is 4.79 Å². The molecular weight excluding hydrogens is 266 g/mol. The van der Waals surface area contributed by atoms with Gasteiger partial charge in [-0.15, -0.1) is 0 Å². The van der Waals surface area contributed by atoms with Crippen LogP contribution in [0.3, 0.4) is 0 Å². The summed E-state index contributed by atoms with van der Waals surface area (Å²) in [6.07, 6.45) is 7.73. The minimum atomic E-state index is -0.564. The highest BCUT2D eigenvalue weighted by Gasteiger charge is 2.32. The Morgan fingerprint density at radius 2 is 1.67 bits per heavy atom. The molecule has 0 rings (SSSR count). The van der Waals surface area contributed by atoms with Gasteiger partial charge in [0, 0.05) is 13.2 Å². The van der Waals surface area contributed by atoms with Gasteiger partial charge in [-0.05, 0) is 46.1 Å². The summed E-state index contributed by atoms with van der Waals surface area (Å²) in [5.41, 5.74) is -0.564. The van der Waals surface area contributed by atoms with Crippen molar-refractivity contribution in [1.29, 1.82) is 0 Å². The molecule has 0 spiro atoms. The number of esters is 1. The predicted molar refractivity (Wildman–Crippen MR) is 87.5 cm³/mol. The van der Waals surface area contributed by atoms with Gasteiger partial charge in [-0.1, -0.05) is 33.1 Å². The predicted octanol–water partition coefficient (Wildman–Crippen LogP) is 3.68. The summed E-state index contributed by atoms with van der Waals surface area (Å²) in [7, 11) is 0. The van der Waals surface area contributed by atoms with Crippen LogP contribution in [0.25, 0.3) is 0 Å². The van der Waals surface area contributed by atoms with Crippen LogP contribution in [-0.2, 0) is 14.3 Å². The molecule has 0 aliphatic heterocycles. The smallest absolute Gasteiger partial charge is 0.326 e. The van der Waals surface area contributed by atoms with Gasteiger partial charge in [0.2, 0.25) is 0 Å². The number of hydrogen-bond acceptors (Lipinski definition) is 4. The molecule has 0 aliphatic carbocycles. The number of carbonyl (C=O) groups is 1. The minimum Gasteiger partial charge on any atom is -0.465 e. The number of carbonyl (C=O) groups excluding carboxylic acids is 1. The molecule has 0 amide bonds. The molecule has 0 aromatic rings. The topological polar surface area (TPSA) is 47.6 Å². The average molecular weight is 301 g/mol. The standard InChI is InChI=1S/C17H35NO3/c1-5-8-9-11-14-20-15-12-10-13-17(4,18-6-2)16(19)21-7-3/h18H,5-15H2,1-4H3. The van der Waals surface area contributed by atoms with Crippen LogP contribution in [-0.4, -0.2) is 37.9 Å². The van der Waals surface area contributed by atoms with Crippen molar-refractivity contribution in [3.8, 4) is 0 Å². The molecule has 0 saturated carbocycles. The Bertz CT molecular complexity index is 258. The lowest BCUT2D eigenvalue weighted by atomic mass is 9.95. The van der Waals surface area contributed by atoms with Crippen molar-refractivity contribution in [2.45, 2.75) is 78.2 Å². The van der Waals surface area contributed by atoms with E-state index < -0.39 is 5.54 Å². The summed E-state index contributed by atoms with van der Waals surface area (Å²) in [4.78, 5) is 12.0. The molecule has 0 heterocycles. The average Bonchev–Trinajstić information content (AvgIpc) is 2.46. The maximum absolute atomic E-state index is 12.0. The summed E-state index contributed by atoms with van der Waals surface area (Å²) in [5.74, 6) is -0.146. The minimum absolute atomic E-state index is 0.146. The Morgan fingerprint density at radius 3 is 2.24 bits per heavy atom. The molecule has 0 saturated heterocycles. The molecule has 0 radical (unpaired) electrons. The van der Waals surface area contributed by atoms with Crippen molar-refractivity contribution in [3.05, 3.63) is 0 Å². The molecule has 0 aliphatic rings. The quantitative estimate of drug-likeness (QED) is 0.393. The van der Waals surface area contributed by atoms with Gasteiger partial charge in [0.25, 0.3) is 0 Å². The van der Waals surface area contributed by atoms with E-state index >= 15 is 0 Å². The van der Waals surface area contributed by atoms with Crippen molar-refractivity contribution < 1.29 is 14.3 Å². The Labute approximate surface area is 131 Å². The molecule has 0 bridgehead atoms. The number of unbranched alkanes of at least 4 members (excludes halogenated alkanes) is 4. The molecule has 1 unspecified atom stereocenters.